The first-order valence-corrected chi connectivity index (χ1v) is 26.5. The van der Waals surface area contributed by atoms with Crippen LogP contribution in [0.5, 0.6) is 17.6 Å². The summed E-state index contributed by atoms with van der Waals surface area (Å²) in [6, 6.07) is 20.1. The number of aryl methyl sites for hydroxylation is 2. The normalized spacial score (nSPS) is 21.9. The first kappa shape index (κ1) is 52.1. The van der Waals surface area contributed by atoms with E-state index < -0.39 is 7.12 Å². The van der Waals surface area contributed by atoms with Crippen LogP contribution in [0.1, 0.15) is 101 Å². The zero-order valence-corrected chi connectivity index (χ0v) is 44.2. The van der Waals surface area contributed by atoms with Crippen molar-refractivity contribution in [1.82, 2.24) is 15.0 Å². The van der Waals surface area contributed by atoms with Crippen LogP contribution < -0.4 is 31.1 Å². The number of nitrogens with two attached hydrogens (primary N) is 2. The molecule has 3 atom stereocenters. The van der Waals surface area contributed by atoms with E-state index in [9.17, 15) is 0 Å². The minimum Gasteiger partial charge on any atom is -0.472 e. The van der Waals surface area contributed by atoms with E-state index in [1.165, 1.54) is 41.5 Å². The molecule has 3 aromatic heterocycles. The number of aromatic nitrogens is 3. The molecule has 11 rings (SSSR count). The molecule has 5 aromatic rings. The summed E-state index contributed by atoms with van der Waals surface area (Å²) < 4.78 is 47.9. The first-order valence-electron chi connectivity index (χ1n) is 24.9. The van der Waals surface area contributed by atoms with Crippen molar-refractivity contribution in [3.8, 4) is 28.8 Å². The molecule has 4 N–H and O–H groups in total. The number of rotatable bonds is 8. The van der Waals surface area contributed by atoms with Gasteiger partial charge in [0.05, 0.1) is 31.0 Å². The van der Waals surface area contributed by atoms with Crippen LogP contribution in [0.25, 0.3) is 11.1 Å². The molecule has 4 aliphatic heterocycles. The topological polar surface area (TPSA) is 165 Å². The molecule has 2 aliphatic carbocycles. The molecule has 4 saturated heterocycles. The van der Waals surface area contributed by atoms with Gasteiger partial charge < -0.3 is 49.2 Å². The Morgan fingerprint density at radius 2 is 1.04 bits per heavy atom. The van der Waals surface area contributed by atoms with E-state index in [0.29, 0.717) is 37.5 Å². The van der Waals surface area contributed by atoms with Crippen LogP contribution >= 0.6 is 31.9 Å². The lowest BCUT2D eigenvalue weighted by atomic mass is 9.80. The molecule has 0 saturated carbocycles. The van der Waals surface area contributed by atoms with Crippen molar-refractivity contribution in [2.75, 3.05) is 51.1 Å². The van der Waals surface area contributed by atoms with E-state index in [4.69, 9.17) is 49.2 Å². The molecule has 7 heterocycles. The summed E-state index contributed by atoms with van der Waals surface area (Å²) in [7, 11) is -0.391. The second-order valence-corrected chi connectivity index (χ2v) is 21.3. The highest BCUT2D eigenvalue weighted by Crippen LogP contribution is 2.38. The average molecular weight is 1090 g/mol. The summed E-state index contributed by atoms with van der Waals surface area (Å²) in [4.78, 5) is 12.8. The maximum atomic E-state index is 6.42. The zero-order chi connectivity index (χ0) is 49.1. The van der Waals surface area contributed by atoms with Crippen LogP contribution in [0.4, 0.5) is 11.4 Å². The first-order chi connectivity index (χ1) is 33.8. The van der Waals surface area contributed by atoms with E-state index in [-0.39, 0.29) is 29.5 Å². The van der Waals surface area contributed by atoms with Gasteiger partial charge in [-0.05, 0) is 178 Å². The number of nitrogen functional groups attached to an aromatic ring is 2. The van der Waals surface area contributed by atoms with Crippen molar-refractivity contribution in [2.45, 2.75) is 134 Å². The summed E-state index contributed by atoms with van der Waals surface area (Å²) in [6.07, 6.45) is 18.9. The van der Waals surface area contributed by atoms with Crippen LogP contribution in [0.2, 0.25) is 0 Å². The van der Waals surface area contributed by atoms with Crippen molar-refractivity contribution in [3.63, 3.8) is 0 Å². The summed E-state index contributed by atoms with van der Waals surface area (Å²) in [5.41, 5.74) is 22.1. The monoisotopic (exact) mass is 1080 g/mol. The fourth-order valence-electron chi connectivity index (χ4n) is 9.24. The van der Waals surface area contributed by atoms with Crippen LogP contribution in [-0.4, -0.2) is 91.2 Å². The van der Waals surface area contributed by atoms with Crippen molar-refractivity contribution < 1.29 is 37.7 Å². The molecule has 6 aliphatic rings. The third-order valence-corrected chi connectivity index (χ3v) is 15.0. The third kappa shape index (κ3) is 13.8. The number of nitrogens with zero attached hydrogens (tertiary/aromatic N) is 3. The van der Waals surface area contributed by atoms with E-state index in [1.54, 1.807) is 18.6 Å². The lowest BCUT2D eigenvalue weighted by Gasteiger charge is -2.32. The average Bonchev–Trinajstić information content (AvgIpc) is 4.10. The van der Waals surface area contributed by atoms with Gasteiger partial charge in [0, 0.05) is 82.5 Å². The zero-order valence-electron chi connectivity index (χ0n) is 41.1. The number of anilines is 2. The fourth-order valence-corrected chi connectivity index (χ4v) is 9.93. The molecular formula is C54H68BBr2N5O8. The molecular weight excluding hydrogens is 1020 g/mol. The summed E-state index contributed by atoms with van der Waals surface area (Å²) in [6.45, 7) is 12.6. The molecule has 13 nitrogen and oxygen atoms in total. The number of benzene rings is 2. The smallest absolute Gasteiger partial charge is 0.472 e. The molecule has 0 amide bonds. The van der Waals surface area contributed by atoms with Gasteiger partial charge in [-0.3, -0.25) is 0 Å². The molecule has 2 aromatic carbocycles. The van der Waals surface area contributed by atoms with Gasteiger partial charge in [-0.2, -0.15) is 0 Å². The molecule has 374 valence electrons. The van der Waals surface area contributed by atoms with Crippen molar-refractivity contribution in [3.05, 3.63) is 110 Å². The van der Waals surface area contributed by atoms with Crippen LogP contribution in [0.3, 0.4) is 0 Å². The Morgan fingerprint density at radius 1 is 0.557 bits per heavy atom. The van der Waals surface area contributed by atoms with Gasteiger partial charge in [-0.15, -0.1) is 0 Å². The Balaban J connectivity index is 0.000000130. The maximum Gasteiger partial charge on any atom is 0.495 e. The highest BCUT2D eigenvalue weighted by molar-refractivity contribution is 9.10. The molecule has 0 bridgehead atoms. The van der Waals surface area contributed by atoms with Gasteiger partial charge in [-0.1, -0.05) is 34.1 Å². The Bertz CT molecular complexity index is 2480. The summed E-state index contributed by atoms with van der Waals surface area (Å²) in [5.74, 6) is 1.91. The number of ether oxygens (including phenoxy) is 6. The lowest BCUT2D eigenvalue weighted by Crippen LogP contribution is -2.41. The fraction of sp³-hybridized carbons (Fsp3) is 0.500. The molecule has 16 heteroatoms. The minimum absolute atomic E-state index is 0.0785. The van der Waals surface area contributed by atoms with Gasteiger partial charge in [0.15, 0.2) is 0 Å². The van der Waals surface area contributed by atoms with Crippen LogP contribution in [0, 0.1) is 0 Å². The van der Waals surface area contributed by atoms with E-state index in [0.717, 1.165) is 115 Å². The standard InChI is InChI=1S/C19H22N2O2.C16H24BNO4.C10H12BrNO2.C9H10BrN/c20-19-16-5-1-3-13(16)6-7-17(19)14-8-9-21-18(11-14)23-15-4-2-10-22-12-15;1-15(2)16(3,4)22-17(21-15)12-7-8-18-14(10-12)20-13-6-5-9-19-11-13;11-8-3-4-12-10(6-8)14-9-2-1-5-13-7-9;10-8-5-4-6-2-1-3-7(6)9(8)11/h6-9,11,15H,1-5,10,12,20H2;7-8,10,13H,5-6,9,11H2,1-4H3;3-4,6,9H,1-2,5,7H2;4-5H,1-3,11H2. The van der Waals surface area contributed by atoms with Gasteiger partial charge in [0.2, 0.25) is 17.6 Å². The number of hydrogen-bond acceptors (Lipinski definition) is 13. The maximum absolute atomic E-state index is 6.42. The predicted molar refractivity (Wildman–Crippen MR) is 282 cm³/mol. The van der Waals surface area contributed by atoms with Gasteiger partial charge >= 0.3 is 7.12 Å². The number of hydrogen-bond donors (Lipinski definition) is 2. The number of pyridine rings is 3. The summed E-state index contributed by atoms with van der Waals surface area (Å²) in [5, 5.41) is 0. The Morgan fingerprint density at radius 3 is 1.57 bits per heavy atom. The highest BCUT2D eigenvalue weighted by Gasteiger charge is 2.51. The van der Waals surface area contributed by atoms with E-state index in [2.05, 4.69) is 65.0 Å². The predicted octanol–water partition coefficient (Wildman–Crippen LogP) is 10.2. The molecule has 70 heavy (non-hydrogen) atoms. The Labute approximate surface area is 430 Å². The SMILES string of the molecule is Brc1ccnc(OC2CCCOC2)c1.CC1(C)OB(c2ccnc(OC3CCCOC3)c2)OC1(C)C.Nc1c(-c2ccnc(OC3CCCOC3)c2)ccc2c1CCC2.Nc1c(Br)ccc2c1CCC2. The minimum atomic E-state index is -0.391. The third-order valence-electron chi connectivity index (χ3n) is 13.8. The molecule has 0 spiro atoms. The Kier molecular flexibility index (Phi) is 18.2. The lowest BCUT2D eigenvalue weighted by molar-refractivity contribution is 0.00547. The Hall–Kier alpha value is -4.29. The van der Waals surface area contributed by atoms with E-state index >= 15 is 0 Å². The van der Waals surface area contributed by atoms with Crippen molar-refractivity contribution >= 4 is 55.8 Å². The van der Waals surface area contributed by atoms with Crippen molar-refractivity contribution in [1.29, 1.82) is 0 Å². The number of fused-ring (bicyclic) bond motifs is 2. The van der Waals surface area contributed by atoms with Gasteiger partial charge in [-0.25, -0.2) is 15.0 Å². The number of halogens is 2. The van der Waals surface area contributed by atoms with E-state index in [1.807, 2.05) is 70.2 Å². The van der Waals surface area contributed by atoms with Crippen molar-refractivity contribution in [2.24, 2.45) is 0 Å². The van der Waals surface area contributed by atoms with Crippen LogP contribution in [0.15, 0.2) is 88.2 Å². The second-order valence-electron chi connectivity index (χ2n) is 19.6. The second kappa shape index (κ2) is 24.4. The quantitative estimate of drug-likeness (QED) is 0.112. The van der Waals surface area contributed by atoms with Crippen LogP contribution in [-0.2, 0) is 49.2 Å². The molecule has 3 unspecified atom stereocenters. The highest BCUT2D eigenvalue weighted by atomic mass is 79.9. The van der Waals surface area contributed by atoms with Gasteiger partial charge in [0.1, 0.15) is 18.3 Å². The summed E-state index contributed by atoms with van der Waals surface area (Å²) >= 11 is 6.80. The molecule has 0 radical (unpaired) electrons. The largest absolute Gasteiger partial charge is 0.495 e. The molecule has 4 fully saturated rings. The van der Waals surface area contributed by atoms with Gasteiger partial charge in [0.25, 0.3) is 0 Å².